The maximum absolute atomic E-state index is 11.1. The number of hydrogen-bond acceptors (Lipinski definition) is 2. The van der Waals surface area contributed by atoms with Crippen molar-refractivity contribution >= 4 is 5.57 Å². The van der Waals surface area contributed by atoms with Gasteiger partial charge in [-0.1, -0.05) is 42.3 Å². The normalized spacial score (nSPS) is 39.8. The van der Waals surface area contributed by atoms with Gasteiger partial charge in [0.15, 0.2) is 0 Å². The third kappa shape index (κ3) is 1.47. The SMILES string of the molecule is O[C@@H]1CCC[C@@]12[C@@H](O)C(c1ccccc1)=C1CCC[C@@H]12. The van der Waals surface area contributed by atoms with Gasteiger partial charge in [0.1, 0.15) is 0 Å². The first-order valence-corrected chi connectivity index (χ1v) is 7.89. The molecule has 0 aliphatic heterocycles. The molecular weight excluding hydrogens is 248 g/mol. The molecule has 2 N–H and O–H groups in total. The molecule has 0 aromatic heterocycles. The zero-order chi connectivity index (χ0) is 13.7. The van der Waals surface area contributed by atoms with E-state index in [-0.39, 0.29) is 11.5 Å². The van der Waals surface area contributed by atoms with E-state index in [0.717, 1.165) is 43.2 Å². The van der Waals surface area contributed by atoms with Crippen molar-refractivity contribution in [2.45, 2.75) is 50.7 Å². The fourth-order valence-corrected chi connectivity index (χ4v) is 5.12. The highest BCUT2D eigenvalue weighted by atomic mass is 16.3. The summed E-state index contributed by atoms with van der Waals surface area (Å²) in [6.07, 6.45) is 5.49. The van der Waals surface area contributed by atoms with E-state index in [9.17, 15) is 10.2 Å². The van der Waals surface area contributed by atoms with Gasteiger partial charge in [-0.25, -0.2) is 0 Å². The molecule has 1 spiro atoms. The van der Waals surface area contributed by atoms with Crippen molar-refractivity contribution in [1.29, 1.82) is 0 Å². The molecule has 0 bridgehead atoms. The zero-order valence-corrected chi connectivity index (χ0v) is 11.8. The van der Waals surface area contributed by atoms with E-state index in [1.54, 1.807) is 0 Å². The van der Waals surface area contributed by atoms with Gasteiger partial charge in [0.25, 0.3) is 0 Å². The second-order valence-corrected chi connectivity index (χ2v) is 6.67. The first-order chi connectivity index (χ1) is 9.75. The number of hydrogen-bond donors (Lipinski definition) is 2. The van der Waals surface area contributed by atoms with Gasteiger partial charge in [-0.15, -0.1) is 0 Å². The van der Waals surface area contributed by atoms with E-state index in [1.165, 1.54) is 12.0 Å². The standard InChI is InChI=1S/C18H22O2/c19-15-10-5-11-18(15)14-9-4-8-13(14)16(17(18)20)12-6-2-1-3-7-12/h1-3,6-7,14-15,17,19-20H,4-5,8-11H2/t14-,15+,17-,18-/m0/s1. The molecule has 3 aliphatic rings. The van der Waals surface area contributed by atoms with Crippen LogP contribution in [0.25, 0.3) is 5.57 Å². The minimum Gasteiger partial charge on any atom is -0.392 e. The maximum atomic E-state index is 11.1. The molecule has 2 saturated carbocycles. The molecule has 4 atom stereocenters. The lowest BCUT2D eigenvalue weighted by molar-refractivity contribution is -0.0435. The van der Waals surface area contributed by atoms with Crippen LogP contribution in [-0.4, -0.2) is 22.4 Å². The second kappa shape index (κ2) is 4.44. The molecule has 4 rings (SSSR count). The molecular formula is C18H22O2. The Bertz CT molecular complexity index is 548. The summed E-state index contributed by atoms with van der Waals surface area (Å²) in [6, 6.07) is 10.3. The number of fused-ring (bicyclic) bond motifs is 2. The molecule has 1 aromatic rings. The minimum atomic E-state index is -0.484. The van der Waals surface area contributed by atoms with E-state index < -0.39 is 6.10 Å². The summed E-state index contributed by atoms with van der Waals surface area (Å²) in [4.78, 5) is 0. The van der Waals surface area contributed by atoms with Crippen LogP contribution in [0.3, 0.4) is 0 Å². The molecule has 0 amide bonds. The summed E-state index contributed by atoms with van der Waals surface area (Å²) in [5.74, 6) is 0.408. The average molecular weight is 270 g/mol. The number of rotatable bonds is 1. The summed E-state index contributed by atoms with van der Waals surface area (Å²) in [7, 11) is 0. The van der Waals surface area contributed by atoms with Gasteiger partial charge in [0.2, 0.25) is 0 Å². The van der Waals surface area contributed by atoms with Crippen LogP contribution in [0.4, 0.5) is 0 Å². The summed E-state index contributed by atoms with van der Waals surface area (Å²) in [5.41, 5.74) is 3.44. The van der Waals surface area contributed by atoms with E-state index in [2.05, 4.69) is 12.1 Å². The predicted octanol–water partition coefficient (Wildman–Crippen LogP) is 3.15. The Morgan fingerprint density at radius 3 is 2.50 bits per heavy atom. The molecule has 0 radical (unpaired) electrons. The Kier molecular flexibility index (Phi) is 2.80. The van der Waals surface area contributed by atoms with Crippen LogP contribution in [0, 0.1) is 11.3 Å². The molecule has 0 saturated heterocycles. The number of aliphatic hydroxyl groups is 2. The van der Waals surface area contributed by atoms with Crippen molar-refractivity contribution in [1.82, 2.24) is 0 Å². The lowest BCUT2D eigenvalue weighted by Gasteiger charge is -2.38. The Hall–Kier alpha value is -1.12. The Balaban J connectivity index is 1.85. The molecule has 3 aliphatic carbocycles. The molecule has 0 unspecified atom stereocenters. The smallest absolute Gasteiger partial charge is 0.0882 e. The van der Waals surface area contributed by atoms with Gasteiger partial charge in [-0.05, 0) is 49.2 Å². The third-order valence-electron chi connectivity index (χ3n) is 5.93. The van der Waals surface area contributed by atoms with Crippen LogP contribution in [0.5, 0.6) is 0 Å². The van der Waals surface area contributed by atoms with Crippen molar-refractivity contribution in [2.75, 3.05) is 0 Å². The van der Waals surface area contributed by atoms with Crippen molar-refractivity contribution in [3.63, 3.8) is 0 Å². The van der Waals surface area contributed by atoms with E-state index in [4.69, 9.17) is 0 Å². The second-order valence-electron chi connectivity index (χ2n) is 6.67. The van der Waals surface area contributed by atoms with Crippen LogP contribution in [0.2, 0.25) is 0 Å². The van der Waals surface area contributed by atoms with Gasteiger partial charge in [0.05, 0.1) is 12.2 Å². The monoisotopic (exact) mass is 270 g/mol. The minimum absolute atomic E-state index is 0.281. The highest BCUT2D eigenvalue weighted by molar-refractivity contribution is 5.76. The predicted molar refractivity (Wildman–Crippen MR) is 79.0 cm³/mol. The number of benzene rings is 1. The summed E-state index contributed by atoms with van der Waals surface area (Å²) in [6.45, 7) is 0. The lowest BCUT2D eigenvalue weighted by Crippen LogP contribution is -2.43. The molecule has 0 heterocycles. The Morgan fingerprint density at radius 1 is 1.00 bits per heavy atom. The number of aliphatic hydroxyl groups excluding tert-OH is 2. The van der Waals surface area contributed by atoms with Gasteiger partial charge in [-0.3, -0.25) is 0 Å². The van der Waals surface area contributed by atoms with E-state index >= 15 is 0 Å². The summed E-state index contributed by atoms with van der Waals surface area (Å²) in [5, 5.41) is 21.6. The highest BCUT2D eigenvalue weighted by Crippen LogP contribution is 2.63. The topological polar surface area (TPSA) is 40.5 Å². The van der Waals surface area contributed by atoms with Gasteiger partial charge in [0, 0.05) is 5.41 Å². The maximum Gasteiger partial charge on any atom is 0.0882 e. The van der Waals surface area contributed by atoms with Gasteiger partial charge < -0.3 is 10.2 Å². The zero-order valence-electron chi connectivity index (χ0n) is 11.8. The van der Waals surface area contributed by atoms with Crippen molar-refractivity contribution in [3.05, 3.63) is 41.5 Å². The molecule has 106 valence electrons. The molecule has 1 aromatic carbocycles. The largest absolute Gasteiger partial charge is 0.392 e. The van der Waals surface area contributed by atoms with Gasteiger partial charge in [-0.2, -0.15) is 0 Å². The lowest BCUT2D eigenvalue weighted by atomic mass is 9.70. The van der Waals surface area contributed by atoms with Crippen molar-refractivity contribution < 1.29 is 10.2 Å². The molecule has 2 fully saturated rings. The summed E-state index contributed by atoms with van der Waals surface area (Å²) >= 11 is 0. The van der Waals surface area contributed by atoms with Crippen LogP contribution in [0.1, 0.15) is 44.1 Å². The van der Waals surface area contributed by atoms with Crippen LogP contribution < -0.4 is 0 Å². The molecule has 2 nitrogen and oxygen atoms in total. The van der Waals surface area contributed by atoms with Crippen LogP contribution >= 0.6 is 0 Å². The highest BCUT2D eigenvalue weighted by Gasteiger charge is 2.60. The first kappa shape index (κ1) is 12.6. The molecule has 2 heteroatoms. The van der Waals surface area contributed by atoms with Gasteiger partial charge >= 0.3 is 0 Å². The van der Waals surface area contributed by atoms with Crippen molar-refractivity contribution in [2.24, 2.45) is 11.3 Å². The third-order valence-corrected chi connectivity index (χ3v) is 5.93. The van der Waals surface area contributed by atoms with E-state index in [1.807, 2.05) is 18.2 Å². The Morgan fingerprint density at radius 2 is 1.80 bits per heavy atom. The fraction of sp³-hybridized carbons (Fsp3) is 0.556. The first-order valence-electron chi connectivity index (χ1n) is 7.89. The van der Waals surface area contributed by atoms with Crippen LogP contribution in [0.15, 0.2) is 35.9 Å². The average Bonchev–Trinajstić information content (AvgIpc) is 3.12. The quantitative estimate of drug-likeness (QED) is 0.823. The summed E-state index contributed by atoms with van der Waals surface area (Å²) < 4.78 is 0. The van der Waals surface area contributed by atoms with E-state index in [0.29, 0.717) is 5.92 Å². The fourth-order valence-electron chi connectivity index (χ4n) is 5.12. The number of allylic oxidation sites excluding steroid dienone is 1. The van der Waals surface area contributed by atoms with Crippen LogP contribution in [-0.2, 0) is 0 Å². The molecule has 20 heavy (non-hydrogen) atoms. The Labute approximate surface area is 120 Å². The van der Waals surface area contributed by atoms with Crippen molar-refractivity contribution in [3.8, 4) is 0 Å².